The van der Waals surface area contributed by atoms with Gasteiger partial charge in [-0.3, -0.25) is 0 Å². The first-order valence-electron chi connectivity index (χ1n) is 7.54. The third-order valence-electron chi connectivity index (χ3n) is 4.35. The van der Waals surface area contributed by atoms with Crippen LogP contribution in [0.15, 0.2) is 55.1 Å². The minimum absolute atomic E-state index is 0.0370. The lowest BCUT2D eigenvalue weighted by Gasteiger charge is -2.22. The number of fused-ring (bicyclic) bond motifs is 1. The van der Waals surface area contributed by atoms with Crippen molar-refractivity contribution in [2.45, 2.75) is 31.5 Å². The van der Waals surface area contributed by atoms with E-state index in [1.165, 1.54) is 11.1 Å². The van der Waals surface area contributed by atoms with Gasteiger partial charge in [0.1, 0.15) is 0 Å². The Morgan fingerprint density at radius 1 is 1.17 bits per heavy atom. The summed E-state index contributed by atoms with van der Waals surface area (Å²) >= 11 is 0. The van der Waals surface area contributed by atoms with Gasteiger partial charge in [0.05, 0.1) is 5.56 Å². The zero-order chi connectivity index (χ0) is 16.6. The number of hydrogen-bond donors (Lipinski definition) is 1. The Hall–Kier alpha value is -2.23. The Kier molecular flexibility index (Phi) is 3.92. The Bertz CT molecular complexity index is 716. The lowest BCUT2D eigenvalue weighted by Crippen LogP contribution is -2.23. The summed E-state index contributed by atoms with van der Waals surface area (Å²) in [6.07, 6.45) is -1.66. The molecule has 3 rings (SSSR count). The highest BCUT2D eigenvalue weighted by molar-refractivity contribution is 5.59. The molecule has 0 aromatic heterocycles. The molecule has 2 atom stereocenters. The van der Waals surface area contributed by atoms with Crippen molar-refractivity contribution in [1.82, 2.24) is 0 Å². The molecule has 4 heteroatoms. The van der Waals surface area contributed by atoms with Crippen LogP contribution < -0.4 is 5.32 Å². The molecule has 0 spiro atoms. The second-order valence-electron chi connectivity index (χ2n) is 6.00. The average molecular weight is 317 g/mol. The highest BCUT2D eigenvalue weighted by Crippen LogP contribution is 2.36. The molecule has 1 aliphatic rings. The number of rotatable bonds is 3. The minimum Gasteiger partial charge on any atom is -0.381 e. The summed E-state index contributed by atoms with van der Waals surface area (Å²) in [5.74, 6) is -0.0370. The van der Waals surface area contributed by atoms with Crippen LogP contribution in [0, 0.1) is 6.92 Å². The van der Waals surface area contributed by atoms with Crippen LogP contribution in [-0.4, -0.2) is 6.04 Å². The fourth-order valence-electron chi connectivity index (χ4n) is 3.16. The van der Waals surface area contributed by atoms with Crippen molar-refractivity contribution < 1.29 is 13.2 Å². The molecule has 1 aliphatic heterocycles. The number of hydrogen-bond acceptors (Lipinski definition) is 1. The SMILES string of the molecule is C=C[C@@H](c1ccc(C(F)(F)F)cc1)[C@@H]1Cc2cc(C)ccc2N1. The van der Waals surface area contributed by atoms with E-state index in [0.717, 1.165) is 29.8 Å². The summed E-state index contributed by atoms with van der Waals surface area (Å²) in [6.45, 7) is 5.92. The summed E-state index contributed by atoms with van der Waals surface area (Å²) in [4.78, 5) is 0. The van der Waals surface area contributed by atoms with E-state index in [0.29, 0.717) is 0 Å². The molecule has 0 saturated carbocycles. The minimum atomic E-state index is -4.30. The van der Waals surface area contributed by atoms with Crippen molar-refractivity contribution in [2.24, 2.45) is 0 Å². The first kappa shape index (κ1) is 15.7. The van der Waals surface area contributed by atoms with Crippen molar-refractivity contribution in [1.29, 1.82) is 0 Å². The quantitative estimate of drug-likeness (QED) is 0.755. The summed E-state index contributed by atoms with van der Waals surface area (Å²) < 4.78 is 38.1. The maximum Gasteiger partial charge on any atom is 0.416 e. The van der Waals surface area contributed by atoms with Gasteiger partial charge in [0.15, 0.2) is 0 Å². The lowest BCUT2D eigenvalue weighted by atomic mass is 9.89. The van der Waals surface area contributed by atoms with Crippen LogP contribution in [0.4, 0.5) is 18.9 Å². The summed E-state index contributed by atoms with van der Waals surface area (Å²) in [5.41, 5.74) is 3.77. The second-order valence-corrected chi connectivity index (χ2v) is 6.00. The number of nitrogens with one attached hydrogen (secondary N) is 1. The van der Waals surface area contributed by atoms with Crippen molar-refractivity contribution in [3.8, 4) is 0 Å². The molecule has 120 valence electrons. The molecule has 1 nitrogen and oxygen atoms in total. The van der Waals surface area contributed by atoms with Gasteiger partial charge in [0, 0.05) is 17.6 Å². The molecule has 0 aliphatic carbocycles. The Balaban J connectivity index is 1.83. The monoisotopic (exact) mass is 317 g/mol. The number of halogens is 3. The number of benzene rings is 2. The van der Waals surface area contributed by atoms with Crippen LogP contribution in [-0.2, 0) is 12.6 Å². The molecule has 2 aromatic rings. The van der Waals surface area contributed by atoms with Crippen molar-refractivity contribution in [2.75, 3.05) is 5.32 Å². The smallest absolute Gasteiger partial charge is 0.381 e. The molecular weight excluding hydrogens is 299 g/mol. The average Bonchev–Trinajstić information content (AvgIpc) is 2.90. The Labute approximate surface area is 133 Å². The van der Waals surface area contributed by atoms with E-state index >= 15 is 0 Å². The predicted molar refractivity (Wildman–Crippen MR) is 86.7 cm³/mol. The largest absolute Gasteiger partial charge is 0.416 e. The third kappa shape index (κ3) is 3.11. The highest BCUT2D eigenvalue weighted by atomic mass is 19.4. The van der Waals surface area contributed by atoms with Gasteiger partial charge in [0.25, 0.3) is 0 Å². The van der Waals surface area contributed by atoms with Gasteiger partial charge in [-0.05, 0) is 42.7 Å². The predicted octanol–water partition coefficient (Wildman–Crippen LogP) is 5.32. The lowest BCUT2D eigenvalue weighted by molar-refractivity contribution is -0.137. The van der Waals surface area contributed by atoms with E-state index in [9.17, 15) is 13.2 Å². The van der Waals surface area contributed by atoms with E-state index < -0.39 is 11.7 Å². The van der Waals surface area contributed by atoms with Gasteiger partial charge in [-0.1, -0.05) is 35.9 Å². The van der Waals surface area contributed by atoms with Crippen LogP contribution in [0.3, 0.4) is 0 Å². The van der Waals surface area contributed by atoms with Gasteiger partial charge in [0.2, 0.25) is 0 Å². The van der Waals surface area contributed by atoms with Crippen molar-refractivity contribution in [3.05, 3.63) is 77.4 Å². The molecule has 23 heavy (non-hydrogen) atoms. The molecule has 1 N–H and O–H groups in total. The summed E-state index contributed by atoms with van der Waals surface area (Å²) in [5, 5.41) is 3.46. The standard InChI is InChI=1S/C19H18F3N/c1-3-16(13-5-7-15(8-6-13)19(20,21)22)18-11-14-10-12(2)4-9-17(14)23-18/h3-10,16,18,23H,1,11H2,2H3/t16-,18-/m0/s1. The van der Waals surface area contributed by atoms with Crippen LogP contribution in [0.5, 0.6) is 0 Å². The fraction of sp³-hybridized carbons (Fsp3) is 0.263. The van der Waals surface area contributed by atoms with Crippen LogP contribution in [0.1, 0.15) is 28.2 Å². The topological polar surface area (TPSA) is 12.0 Å². The highest BCUT2D eigenvalue weighted by Gasteiger charge is 2.31. The van der Waals surface area contributed by atoms with Crippen molar-refractivity contribution >= 4 is 5.69 Å². The van der Waals surface area contributed by atoms with Gasteiger partial charge < -0.3 is 5.32 Å². The number of aryl methyl sites for hydroxylation is 1. The van der Waals surface area contributed by atoms with E-state index in [1.807, 2.05) is 0 Å². The van der Waals surface area contributed by atoms with E-state index in [-0.39, 0.29) is 12.0 Å². The Morgan fingerprint density at radius 2 is 1.87 bits per heavy atom. The molecule has 0 bridgehead atoms. The first-order chi connectivity index (χ1) is 10.9. The van der Waals surface area contributed by atoms with E-state index in [4.69, 9.17) is 0 Å². The van der Waals surface area contributed by atoms with Crippen LogP contribution in [0.2, 0.25) is 0 Å². The maximum atomic E-state index is 12.7. The number of alkyl halides is 3. The zero-order valence-electron chi connectivity index (χ0n) is 12.8. The first-order valence-corrected chi connectivity index (χ1v) is 7.54. The van der Waals surface area contributed by atoms with Gasteiger partial charge in [-0.15, -0.1) is 6.58 Å². The normalized spacial score (nSPS) is 18.2. The summed E-state index contributed by atoms with van der Waals surface area (Å²) in [6, 6.07) is 11.7. The molecular formula is C19H18F3N. The maximum absolute atomic E-state index is 12.7. The van der Waals surface area contributed by atoms with Crippen molar-refractivity contribution in [3.63, 3.8) is 0 Å². The fourth-order valence-corrected chi connectivity index (χ4v) is 3.16. The second kappa shape index (κ2) is 5.76. The zero-order valence-corrected chi connectivity index (χ0v) is 12.8. The molecule has 1 heterocycles. The summed E-state index contributed by atoms with van der Waals surface area (Å²) in [7, 11) is 0. The molecule has 0 saturated heterocycles. The van der Waals surface area contributed by atoms with Crippen LogP contribution >= 0.6 is 0 Å². The molecule has 2 aromatic carbocycles. The Morgan fingerprint density at radius 3 is 2.48 bits per heavy atom. The molecule has 0 radical (unpaired) electrons. The van der Waals surface area contributed by atoms with Gasteiger partial charge in [-0.2, -0.15) is 13.2 Å². The molecule has 0 fully saturated rings. The van der Waals surface area contributed by atoms with E-state index in [2.05, 4.69) is 37.0 Å². The van der Waals surface area contributed by atoms with Gasteiger partial charge in [-0.25, -0.2) is 0 Å². The van der Waals surface area contributed by atoms with E-state index in [1.54, 1.807) is 18.2 Å². The van der Waals surface area contributed by atoms with Crippen LogP contribution in [0.25, 0.3) is 0 Å². The molecule has 0 amide bonds. The molecule has 0 unspecified atom stereocenters. The number of anilines is 1. The third-order valence-corrected chi connectivity index (χ3v) is 4.35. The van der Waals surface area contributed by atoms with Gasteiger partial charge >= 0.3 is 6.18 Å².